The molecule has 0 aliphatic rings. The monoisotopic (exact) mass is 351 g/mol. The minimum Gasteiger partial charge on any atom is -0.495 e. The fourth-order valence-electron chi connectivity index (χ4n) is 1.31. The second-order valence-corrected chi connectivity index (χ2v) is 4.65. The molecule has 0 spiro atoms. The highest BCUT2D eigenvalue weighted by Gasteiger charge is 2.09. The summed E-state index contributed by atoms with van der Waals surface area (Å²) in [6.07, 6.45) is 1.97. The molecule has 1 heterocycles. The third-order valence-electron chi connectivity index (χ3n) is 1.92. The number of benzene rings is 1. The molecular weight excluding hydrogens is 345 g/mol. The fraction of sp³-hybridized carbons (Fsp3) is 0.111. The van der Waals surface area contributed by atoms with Gasteiger partial charge in [-0.25, -0.2) is 0 Å². The number of rotatable bonds is 1. The van der Waals surface area contributed by atoms with Crippen LogP contribution in [0.25, 0.3) is 10.9 Å². The fourth-order valence-corrected chi connectivity index (χ4v) is 2.94. The Morgan fingerprint density at radius 1 is 1.46 bits per heavy atom. The first kappa shape index (κ1) is 9.33. The van der Waals surface area contributed by atoms with Crippen molar-refractivity contribution in [3.05, 3.63) is 26.4 Å². The number of nitrogens with one attached hydrogen (secondary N) is 1. The van der Waals surface area contributed by atoms with E-state index >= 15 is 0 Å². The molecule has 0 aliphatic carbocycles. The molecule has 68 valence electrons. The third kappa shape index (κ3) is 1.46. The van der Waals surface area contributed by atoms with E-state index < -0.39 is 0 Å². The molecule has 0 radical (unpaired) electrons. The van der Waals surface area contributed by atoms with E-state index in [4.69, 9.17) is 4.74 Å². The molecule has 1 aromatic carbocycles. The maximum atomic E-state index is 5.24. The Labute approximate surface area is 97.9 Å². The lowest BCUT2D eigenvalue weighted by molar-refractivity contribution is 0.419. The van der Waals surface area contributed by atoms with Crippen molar-refractivity contribution in [3.8, 4) is 5.75 Å². The molecule has 0 unspecified atom stereocenters. The van der Waals surface area contributed by atoms with Crippen LogP contribution in [0.15, 0.2) is 22.8 Å². The molecule has 1 N–H and O–H groups in total. The molecule has 0 amide bonds. The first-order valence-corrected chi connectivity index (χ1v) is 5.60. The zero-order valence-electron chi connectivity index (χ0n) is 6.90. The van der Waals surface area contributed by atoms with Gasteiger partial charge in [-0.05, 0) is 34.7 Å². The Hall–Kier alpha value is -0.230. The van der Waals surface area contributed by atoms with Crippen LogP contribution in [-0.2, 0) is 0 Å². The topological polar surface area (TPSA) is 25.0 Å². The molecule has 2 aromatic rings. The number of methoxy groups -OCH3 is 1. The molecule has 0 saturated heterocycles. The minimum absolute atomic E-state index is 0.876. The largest absolute Gasteiger partial charge is 0.495 e. The van der Waals surface area contributed by atoms with Crippen LogP contribution >= 0.6 is 38.5 Å². The summed E-state index contributed by atoms with van der Waals surface area (Å²) in [5.74, 6) is 0.876. The van der Waals surface area contributed by atoms with Gasteiger partial charge in [0.25, 0.3) is 0 Å². The van der Waals surface area contributed by atoms with E-state index in [2.05, 4.69) is 43.5 Å². The Kier molecular flexibility index (Phi) is 2.51. The first-order valence-electron chi connectivity index (χ1n) is 3.73. The zero-order chi connectivity index (χ0) is 9.42. The van der Waals surface area contributed by atoms with Gasteiger partial charge in [0, 0.05) is 19.6 Å². The lowest BCUT2D eigenvalue weighted by Gasteiger charge is -2.02. The zero-order valence-corrected chi connectivity index (χ0v) is 10.6. The van der Waals surface area contributed by atoms with Gasteiger partial charge in [0.2, 0.25) is 0 Å². The molecule has 0 atom stereocenters. The molecule has 0 fully saturated rings. The second kappa shape index (κ2) is 3.49. The van der Waals surface area contributed by atoms with E-state index in [1.807, 2.05) is 18.3 Å². The van der Waals surface area contributed by atoms with Crippen LogP contribution in [-0.4, -0.2) is 12.1 Å². The first-order chi connectivity index (χ1) is 6.24. The Bertz CT molecular complexity index is 452. The normalized spacial score (nSPS) is 10.7. The number of ether oxygens (including phenoxy) is 1. The number of aromatic nitrogens is 1. The average molecular weight is 352 g/mol. The van der Waals surface area contributed by atoms with E-state index in [1.54, 1.807) is 7.11 Å². The Morgan fingerprint density at radius 3 is 2.92 bits per heavy atom. The Balaban J connectivity index is 2.87. The van der Waals surface area contributed by atoms with Crippen molar-refractivity contribution < 1.29 is 4.74 Å². The van der Waals surface area contributed by atoms with E-state index in [9.17, 15) is 0 Å². The van der Waals surface area contributed by atoms with Crippen LogP contribution in [0.5, 0.6) is 5.75 Å². The quantitative estimate of drug-likeness (QED) is 0.781. The maximum absolute atomic E-state index is 5.24. The van der Waals surface area contributed by atoms with Gasteiger partial charge in [0.1, 0.15) is 5.75 Å². The van der Waals surface area contributed by atoms with Gasteiger partial charge in [-0.2, -0.15) is 0 Å². The summed E-state index contributed by atoms with van der Waals surface area (Å²) in [6, 6.07) is 3.94. The van der Waals surface area contributed by atoms with Gasteiger partial charge >= 0.3 is 0 Å². The predicted octanol–water partition coefficient (Wildman–Crippen LogP) is 3.54. The van der Waals surface area contributed by atoms with Gasteiger partial charge in [-0.15, -0.1) is 0 Å². The third-order valence-corrected chi connectivity index (χ3v) is 3.43. The molecule has 2 nitrogen and oxygen atoms in total. The van der Waals surface area contributed by atoms with Gasteiger partial charge in [0.05, 0.1) is 12.6 Å². The standard InChI is InChI=1S/C9H7BrINO/c1-13-7-3-2-5(10)8-6(11)4-12-9(7)8/h2-4,12H,1H3. The van der Waals surface area contributed by atoms with Crippen molar-refractivity contribution in [1.29, 1.82) is 0 Å². The number of hydrogen-bond acceptors (Lipinski definition) is 1. The van der Waals surface area contributed by atoms with Crippen molar-refractivity contribution in [2.24, 2.45) is 0 Å². The summed E-state index contributed by atoms with van der Waals surface area (Å²) < 4.78 is 7.52. The SMILES string of the molecule is COc1ccc(Br)c2c(I)c[nH]c12. The Morgan fingerprint density at radius 2 is 2.23 bits per heavy atom. The van der Waals surface area contributed by atoms with Crippen LogP contribution in [0.4, 0.5) is 0 Å². The molecule has 4 heteroatoms. The maximum Gasteiger partial charge on any atom is 0.143 e. The van der Waals surface area contributed by atoms with Crippen molar-refractivity contribution in [3.63, 3.8) is 0 Å². The summed E-state index contributed by atoms with van der Waals surface area (Å²) in [4.78, 5) is 3.19. The van der Waals surface area contributed by atoms with Crippen LogP contribution in [0.1, 0.15) is 0 Å². The summed E-state index contributed by atoms with van der Waals surface area (Å²) in [7, 11) is 1.68. The van der Waals surface area contributed by atoms with Crippen LogP contribution in [0.3, 0.4) is 0 Å². The van der Waals surface area contributed by atoms with Gasteiger partial charge < -0.3 is 9.72 Å². The summed E-state index contributed by atoms with van der Waals surface area (Å²) in [6.45, 7) is 0. The highest BCUT2D eigenvalue weighted by molar-refractivity contribution is 14.1. The average Bonchev–Trinajstić information content (AvgIpc) is 2.50. The summed E-state index contributed by atoms with van der Waals surface area (Å²) in [5, 5.41) is 1.18. The van der Waals surface area contributed by atoms with Crippen LogP contribution in [0.2, 0.25) is 0 Å². The van der Waals surface area contributed by atoms with Crippen molar-refractivity contribution in [1.82, 2.24) is 4.98 Å². The van der Waals surface area contributed by atoms with Crippen molar-refractivity contribution in [2.75, 3.05) is 7.11 Å². The van der Waals surface area contributed by atoms with Crippen LogP contribution < -0.4 is 4.74 Å². The number of hydrogen-bond donors (Lipinski definition) is 1. The van der Waals surface area contributed by atoms with Crippen LogP contribution in [0, 0.1) is 3.57 Å². The second-order valence-electron chi connectivity index (χ2n) is 2.64. The highest BCUT2D eigenvalue weighted by atomic mass is 127. The molecule has 0 aliphatic heterocycles. The molecule has 13 heavy (non-hydrogen) atoms. The highest BCUT2D eigenvalue weighted by Crippen LogP contribution is 2.33. The number of fused-ring (bicyclic) bond motifs is 1. The van der Waals surface area contributed by atoms with Crippen molar-refractivity contribution in [2.45, 2.75) is 0 Å². The lowest BCUT2D eigenvalue weighted by Crippen LogP contribution is -1.84. The molecule has 2 rings (SSSR count). The van der Waals surface area contributed by atoms with Gasteiger partial charge in [-0.1, -0.05) is 15.9 Å². The number of halogens is 2. The molecule has 0 saturated carbocycles. The predicted molar refractivity (Wildman–Crippen MR) is 65.3 cm³/mol. The van der Waals surface area contributed by atoms with E-state index in [-0.39, 0.29) is 0 Å². The lowest BCUT2D eigenvalue weighted by atomic mass is 10.2. The number of aromatic amines is 1. The smallest absolute Gasteiger partial charge is 0.143 e. The number of H-pyrrole nitrogens is 1. The summed E-state index contributed by atoms with van der Waals surface area (Å²) >= 11 is 5.80. The van der Waals surface area contributed by atoms with Gasteiger partial charge in [-0.3, -0.25) is 0 Å². The molecule has 1 aromatic heterocycles. The van der Waals surface area contributed by atoms with E-state index in [1.165, 1.54) is 8.96 Å². The van der Waals surface area contributed by atoms with E-state index in [0.29, 0.717) is 0 Å². The van der Waals surface area contributed by atoms with Crippen molar-refractivity contribution >= 4 is 49.4 Å². The summed E-state index contributed by atoms with van der Waals surface area (Å²) in [5.41, 5.74) is 1.04. The van der Waals surface area contributed by atoms with Gasteiger partial charge in [0.15, 0.2) is 0 Å². The van der Waals surface area contributed by atoms with E-state index in [0.717, 1.165) is 15.7 Å². The molecular formula is C9H7BrINO. The minimum atomic E-state index is 0.876. The molecule has 0 bridgehead atoms.